The van der Waals surface area contributed by atoms with Crippen LogP contribution in [0.5, 0.6) is 0 Å². The molecule has 3 rings (SSSR count). The van der Waals surface area contributed by atoms with E-state index in [0.29, 0.717) is 16.6 Å². The first-order chi connectivity index (χ1) is 9.97. The van der Waals surface area contributed by atoms with Crippen LogP contribution in [0.3, 0.4) is 0 Å². The Labute approximate surface area is 119 Å². The highest BCUT2D eigenvalue weighted by Gasteiger charge is 2.39. The maximum atomic E-state index is 12.6. The van der Waals surface area contributed by atoms with Crippen molar-refractivity contribution in [1.82, 2.24) is 15.1 Å². The number of hydrogen-bond donors (Lipinski definition) is 4. The highest BCUT2D eigenvalue weighted by atomic mass is 16.3. The number of nitrogens with one attached hydrogen (secondary N) is 1. The maximum absolute atomic E-state index is 12.6. The van der Waals surface area contributed by atoms with Crippen molar-refractivity contribution in [2.45, 2.75) is 18.6 Å². The second-order valence-electron chi connectivity index (χ2n) is 5.14. The molecule has 0 spiro atoms. The zero-order chi connectivity index (χ0) is 15.1. The zero-order valence-corrected chi connectivity index (χ0v) is 11.1. The number of fused-ring (bicyclic) bond motifs is 1. The molecule has 1 aromatic heterocycles. The number of likely N-dealkylation sites (tertiary alicyclic amines) is 1. The lowest BCUT2D eigenvalue weighted by atomic mass is 10.1. The third kappa shape index (κ3) is 2.19. The molecule has 0 radical (unpaired) electrons. The molecule has 1 aromatic carbocycles. The average molecular weight is 289 g/mol. The highest BCUT2D eigenvalue weighted by Crippen LogP contribution is 2.24. The first kappa shape index (κ1) is 13.4. The van der Waals surface area contributed by atoms with E-state index in [9.17, 15) is 14.7 Å². The number of nitrogen functional groups attached to an aromatic ring is 1. The SMILES string of the molecule is NC(=O)C1CC(O)CN1C(=O)c1n[nH]c2ccc(N)cc12. The fourth-order valence-electron chi connectivity index (χ4n) is 2.64. The van der Waals surface area contributed by atoms with E-state index in [1.807, 2.05) is 0 Å². The molecule has 2 amide bonds. The van der Waals surface area contributed by atoms with Crippen LogP contribution in [-0.2, 0) is 4.79 Å². The van der Waals surface area contributed by atoms with Gasteiger partial charge in [-0.25, -0.2) is 0 Å². The lowest BCUT2D eigenvalue weighted by Crippen LogP contribution is -2.43. The van der Waals surface area contributed by atoms with Gasteiger partial charge in [0, 0.05) is 24.0 Å². The molecule has 2 unspecified atom stereocenters. The molecule has 1 aliphatic heterocycles. The molecule has 1 fully saturated rings. The fraction of sp³-hybridized carbons (Fsp3) is 0.308. The van der Waals surface area contributed by atoms with E-state index in [2.05, 4.69) is 10.2 Å². The van der Waals surface area contributed by atoms with Crippen molar-refractivity contribution in [2.24, 2.45) is 5.73 Å². The Bertz CT molecular complexity index is 726. The molecular weight excluding hydrogens is 274 g/mol. The normalized spacial score (nSPS) is 21.9. The number of rotatable bonds is 2. The van der Waals surface area contributed by atoms with Crippen LogP contribution < -0.4 is 11.5 Å². The number of benzene rings is 1. The number of carbonyl (C=O) groups is 2. The van der Waals surface area contributed by atoms with E-state index in [1.54, 1.807) is 18.2 Å². The fourth-order valence-corrected chi connectivity index (χ4v) is 2.64. The number of hydrogen-bond acceptors (Lipinski definition) is 5. The number of β-amino-alcohol motifs (C(OH)–C–C–N with tert-alkyl or cyclic N) is 1. The van der Waals surface area contributed by atoms with E-state index >= 15 is 0 Å². The summed E-state index contributed by atoms with van der Waals surface area (Å²) < 4.78 is 0. The number of primary amides is 1. The summed E-state index contributed by atoms with van der Waals surface area (Å²) in [5.74, 6) is -1.09. The molecule has 1 aliphatic rings. The number of aromatic nitrogens is 2. The van der Waals surface area contributed by atoms with E-state index < -0.39 is 24.0 Å². The van der Waals surface area contributed by atoms with Gasteiger partial charge in [-0.1, -0.05) is 0 Å². The quantitative estimate of drug-likeness (QED) is 0.536. The largest absolute Gasteiger partial charge is 0.399 e. The van der Waals surface area contributed by atoms with Crippen LogP contribution in [0, 0.1) is 0 Å². The Morgan fingerprint density at radius 2 is 2.19 bits per heavy atom. The molecule has 8 heteroatoms. The van der Waals surface area contributed by atoms with Crippen molar-refractivity contribution in [2.75, 3.05) is 12.3 Å². The van der Waals surface area contributed by atoms with Crippen molar-refractivity contribution in [3.8, 4) is 0 Å². The van der Waals surface area contributed by atoms with Crippen LogP contribution in [-0.4, -0.2) is 50.7 Å². The predicted octanol–water partition coefficient (Wildman–Crippen LogP) is -0.794. The second-order valence-corrected chi connectivity index (χ2v) is 5.14. The van der Waals surface area contributed by atoms with Gasteiger partial charge in [-0.2, -0.15) is 5.10 Å². The molecule has 0 aliphatic carbocycles. The lowest BCUT2D eigenvalue weighted by Gasteiger charge is -2.20. The molecule has 21 heavy (non-hydrogen) atoms. The maximum Gasteiger partial charge on any atom is 0.275 e. The Morgan fingerprint density at radius 3 is 2.90 bits per heavy atom. The molecule has 0 bridgehead atoms. The molecule has 2 atom stereocenters. The van der Waals surface area contributed by atoms with Crippen LogP contribution in [0.15, 0.2) is 18.2 Å². The number of nitrogens with two attached hydrogens (primary N) is 2. The second kappa shape index (κ2) is 4.74. The van der Waals surface area contributed by atoms with Crippen LogP contribution in [0.4, 0.5) is 5.69 Å². The molecule has 0 saturated carbocycles. The van der Waals surface area contributed by atoms with Gasteiger partial charge in [0.1, 0.15) is 6.04 Å². The Balaban J connectivity index is 2.00. The van der Waals surface area contributed by atoms with Crippen LogP contribution in [0.1, 0.15) is 16.9 Å². The minimum atomic E-state index is -0.819. The molecule has 2 heterocycles. The van der Waals surface area contributed by atoms with E-state index in [1.165, 1.54) is 4.90 Å². The summed E-state index contributed by atoms with van der Waals surface area (Å²) in [5, 5.41) is 17.0. The van der Waals surface area contributed by atoms with Gasteiger partial charge in [-0.15, -0.1) is 0 Å². The average Bonchev–Trinajstić information content (AvgIpc) is 3.01. The highest BCUT2D eigenvalue weighted by molar-refractivity contribution is 6.06. The minimum absolute atomic E-state index is 0.0586. The van der Waals surface area contributed by atoms with Crippen molar-refractivity contribution in [1.29, 1.82) is 0 Å². The first-order valence-electron chi connectivity index (χ1n) is 6.49. The van der Waals surface area contributed by atoms with Crippen molar-refractivity contribution < 1.29 is 14.7 Å². The summed E-state index contributed by atoms with van der Waals surface area (Å²) in [6.07, 6.45) is -0.618. The number of anilines is 1. The number of nitrogens with zero attached hydrogens (tertiary/aromatic N) is 2. The van der Waals surface area contributed by atoms with Crippen molar-refractivity contribution >= 4 is 28.4 Å². The summed E-state index contributed by atoms with van der Waals surface area (Å²) >= 11 is 0. The Hall–Kier alpha value is -2.61. The van der Waals surface area contributed by atoms with Gasteiger partial charge in [-0.05, 0) is 18.2 Å². The third-order valence-corrected chi connectivity index (χ3v) is 3.66. The molecule has 2 aromatic rings. The van der Waals surface area contributed by atoms with Crippen molar-refractivity contribution in [3.05, 3.63) is 23.9 Å². The van der Waals surface area contributed by atoms with Crippen molar-refractivity contribution in [3.63, 3.8) is 0 Å². The van der Waals surface area contributed by atoms with E-state index in [0.717, 1.165) is 0 Å². The van der Waals surface area contributed by atoms with Gasteiger partial charge in [0.25, 0.3) is 5.91 Å². The summed E-state index contributed by atoms with van der Waals surface area (Å²) in [6, 6.07) is 4.23. The minimum Gasteiger partial charge on any atom is -0.399 e. The summed E-state index contributed by atoms with van der Waals surface area (Å²) in [6.45, 7) is 0.0586. The van der Waals surface area contributed by atoms with Gasteiger partial charge >= 0.3 is 0 Å². The summed E-state index contributed by atoms with van der Waals surface area (Å²) in [5.41, 5.74) is 12.3. The van der Waals surface area contributed by atoms with E-state index in [4.69, 9.17) is 11.5 Å². The topological polar surface area (TPSA) is 138 Å². The van der Waals surface area contributed by atoms with Crippen LogP contribution in [0.25, 0.3) is 10.9 Å². The number of carbonyl (C=O) groups excluding carboxylic acids is 2. The van der Waals surface area contributed by atoms with Gasteiger partial charge in [-0.3, -0.25) is 14.7 Å². The Kier molecular flexibility index (Phi) is 3.02. The van der Waals surface area contributed by atoms with Crippen LogP contribution >= 0.6 is 0 Å². The number of amides is 2. The van der Waals surface area contributed by atoms with Gasteiger partial charge in [0.05, 0.1) is 11.6 Å². The van der Waals surface area contributed by atoms with Gasteiger partial charge in [0.15, 0.2) is 5.69 Å². The molecular formula is C13H15N5O3. The van der Waals surface area contributed by atoms with Crippen LogP contribution in [0.2, 0.25) is 0 Å². The zero-order valence-electron chi connectivity index (χ0n) is 11.1. The number of aliphatic hydroxyl groups is 1. The number of H-pyrrole nitrogens is 1. The third-order valence-electron chi connectivity index (χ3n) is 3.66. The first-order valence-corrected chi connectivity index (χ1v) is 6.49. The standard InChI is InChI=1S/C13H15N5O3/c14-6-1-2-9-8(3-6)11(17-16-9)13(21)18-5-7(19)4-10(18)12(15)20/h1-3,7,10,19H,4-5,14H2,(H2,15,20)(H,16,17). The number of aliphatic hydroxyl groups excluding tert-OH is 1. The monoisotopic (exact) mass is 289 g/mol. The summed E-state index contributed by atoms with van der Waals surface area (Å²) in [7, 11) is 0. The van der Waals surface area contributed by atoms with Gasteiger partial charge < -0.3 is 21.5 Å². The smallest absolute Gasteiger partial charge is 0.275 e. The number of aromatic amines is 1. The lowest BCUT2D eigenvalue weighted by molar-refractivity contribution is -0.121. The van der Waals surface area contributed by atoms with Gasteiger partial charge in [0.2, 0.25) is 5.91 Å². The predicted molar refractivity (Wildman–Crippen MR) is 75.1 cm³/mol. The summed E-state index contributed by atoms with van der Waals surface area (Å²) in [4.78, 5) is 25.3. The molecule has 110 valence electrons. The molecule has 8 nitrogen and oxygen atoms in total. The Morgan fingerprint density at radius 1 is 1.43 bits per heavy atom. The van der Waals surface area contributed by atoms with E-state index in [-0.39, 0.29) is 18.7 Å². The molecule has 1 saturated heterocycles. The molecule has 6 N–H and O–H groups in total.